The second-order valence-corrected chi connectivity index (χ2v) is 16.2. The topological polar surface area (TPSA) is 3.24 Å². The first-order valence-corrected chi connectivity index (χ1v) is 20.3. The van der Waals surface area contributed by atoms with Crippen molar-refractivity contribution in [3.63, 3.8) is 0 Å². The quantitative estimate of drug-likeness (QED) is 0.164. The third-order valence-corrected chi connectivity index (χ3v) is 13.2. The van der Waals surface area contributed by atoms with Gasteiger partial charge in [-0.05, 0) is 81.2 Å². The Kier molecular flexibility index (Phi) is 7.61. The summed E-state index contributed by atoms with van der Waals surface area (Å²) in [6, 6.07) is 73.4. The molecule has 3 heteroatoms. The molecule has 0 unspecified atom stereocenters. The summed E-state index contributed by atoms with van der Waals surface area (Å²) in [5.41, 5.74) is 10.8. The van der Waals surface area contributed by atoms with Gasteiger partial charge in [-0.25, -0.2) is 0 Å². The fraction of sp³-hybridized carbons (Fsp3) is 0. The van der Waals surface area contributed by atoms with Crippen molar-refractivity contribution in [3.05, 3.63) is 200 Å². The van der Waals surface area contributed by atoms with Crippen molar-refractivity contribution in [2.24, 2.45) is 0 Å². The van der Waals surface area contributed by atoms with Gasteiger partial charge in [-0.1, -0.05) is 158 Å². The number of hydrogen-bond acceptors (Lipinski definition) is 3. The van der Waals surface area contributed by atoms with E-state index in [1.165, 1.54) is 90.2 Å². The molecule has 0 aliphatic carbocycles. The summed E-state index contributed by atoms with van der Waals surface area (Å²) < 4.78 is 5.22. The molecule has 0 saturated carbocycles. The van der Waals surface area contributed by atoms with Gasteiger partial charge in [0.05, 0.1) is 16.1 Å². The smallest absolute Gasteiger partial charge is 0.0641 e. The highest BCUT2D eigenvalue weighted by Gasteiger charge is 2.23. The van der Waals surface area contributed by atoms with Gasteiger partial charge in [0.15, 0.2) is 0 Å². The predicted octanol–water partition coefficient (Wildman–Crippen LogP) is 16.0. The first kappa shape index (κ1) is 32.0. The Morgan fingerprint density at radius 2 is 0.855 bits per heavy atom. The van der Waals surface area contributed by atoms with Crippen LogP contribution in [0.15, 0.2) is 200 Å². The van der Waals surface area contributed by atoms with Crippen LogP contribution in [0.2, 0.25) is 0 Å². The van der Waals surface area contributed by atoms with Crippen LogP contribution in [-0.4, -0.2) is 0 Å². The molecule has 0 radical (unpaired) electrons. The Morgan fingerprint density at radius 1 is 0.309 bits per heavy atom. The van der Waals surface area contributed by atoms with Crippen LogP contribution in [0.25, 0.3) is 84.5 Å². The summed E-state index contributed by atoms with van der Waals surface area (Å²) in [5.74, 6) is 0. The summed E-state index contributed by atoms with van der Waals surface area (Å²) in [4.78, 5) is 2.49. The van der Waals surface area contributed by atoms with E-state index in [4.69, 9.17) is 0 Å². The van der Waals surface area contributed by atoms with Crippen LogP contribution in [0.3, 0.4) is 0 Å². The number of thiophene rings is 2. The zero-order valence-electron chi connectivity index (χ0n) is 29.8. The zero-order valence-corrected chi connectivity index (χ0v) is 31.4. The van der Waals surface area contributed by atoms with Crippen molar-refractivity contribution >= 4 is 90.9 Å². The van der Waals surface area contributed by atoms with Gasteiger partial charge in [0.25, 0.3) is 0 Å². The van der Waals surface area contributed by atoms with E-state index in [1.807, 2.05) is 22.7 Å². The predicted molar refractivity (Wildman–Crippen MR) is 241 cm³/mol. The Balaban J connectivity index is 1.13. The van der Waals surface area contributed by atoms with E-state index in [1.54, 1.807) is 0 Å². The maximum atomic E-state index is 2.49. The molecule has 11 rings (SSSR count). The summed E-state index contributed by atoms with van der Waals surface area (Å²) in [6.07, 6.45) is 0. The molecule has 0 aliphatic heterocycles. The van der Waals surface area contributed by atoms with E-state index < -0.39 is 0 Å². The third kappa shape index (κ3) is 5.35. The fourth-order valence-electron chi connectivity index (χ4n) is 8.31. The molecular weight excluding hydrogens is 703 g/mol. The van der Waals surface area contributed by atoms with Gasteiger partial charge in [-0.3, -0.25) is 0 Å². The molecular formula is C52H33NS2. The lowest BCUT2D eigenvalue weighted by Crippen LogP contribution is -2.11. The highest BCUT2D eigenvalue weighted by molar-refractivity contribution is 7.26. The minimum atomic E-state index is 1.12. The number of hydrogen-bond donors (Lipinski definition) is 0. The van der Waals surface area contributed by atoms with Gasteiger partial charge >= 0.3 is 0 Å². The SMILES string of the molecule is c1ccc(-c2ccc(N(c3ccc(-c4ccc5c(c4)sc4ccccc45)cc3)c3ccc(-c4ccccc4)c4c3sc3ccccc34)c3ccccc23)cc1. The second kappa shape index (κ2) is 13.1. The van der Waals surface area contributed by atoms with Gasteiger partial charge in [-0.2, -0.15) is 0 Å². The van der Waals surface area contributed by atoms with Gasteiger partial charge in [0.1, 0.15) is 0 Å². The monoisotopic (exact) mass is 735 g/mol. The van der Waals surface area contributed by atoms with Crippen molar-refractivity contribution < 1.29 is 0 Å². The third-order valence-electron chi connectivity index (χ3n) is 10.9. The van der Waals surface area contributed by atoms with Crippen molar-refractivity contribution in [2.75, 3.05) is 4.90 Å². The number of benzene rings is 9. The van der Waals surface area contributed by atoms with Gasteiger partial charge in [0.2, 0.25) is 0 Å². The molecule has 55 heavy (non-hydrogen) atoms. The molecule has 0 amide bonds. The average Bonchev–Trinajstić information content (AvgIpc) is 3.84. The van der Waals surface area contributed by atoms with Gasteiger partial charge < -0.3 is 4.90 Å². The molecule has 0 saturated heterocycles. The van der Waals surface area contributed by atoms with Crippen LogP contribution in [0.4, 0.5) is 17.1 Å². The summed E-state index contributed by atoms with van der Waals surface area (Å²) in [6.45, 7) is 0. The zero-order chi connectivity index (χ0) is 36.3. The average molecular weight is 736 g/mol. The molecule has 0 N–H and O–H groups in total. The normalized spacial score (nSPS) is 11.6. The molecule has 0 fully saturated rings. The van der Waals surface area contributed by atoms with E-state index >= 15 is 0 Å². The lowest BCUT2D eigenvalue weighted by molar-refractivity contribution is 1.32. The molecule has 11 aromatic rings. The van der Waals surface area contributed by atoms with Crippen LogP contribution >= 0.6 is 22.7 Å². The van der Waals surface area contributed by atoms with Gasteiger partial charge in [0, 0.05) is 46.7 Å². The molecule has 258 valence electrons. The molecule has 1 nitrogen and oxygen atoms in total. The van der Waals surface area contributed by atoms with Crippen LogP contribution < -0.4 is 4.90 Å². The minimum Gasteiger partial charge on any atom is -0.308 e. The summed E-state index contributed by atoms with van der Waals surface area (Å²) in [5, 5.41) is 7.69. The van der Waals surface area contributed by atoms with Crippen LogP contribution in [-0.2, 0) is 0 Å². The Bertz CT molecular complexity index is 3190. The molecule has 0 aliphatic rings. The highest BCUT2D eigenvalue weighted by atomic mass is 32.1. The molecule has 0 atom stereocenters. The number of anilines is 3. The van der Waals surface area contributed by atoms with E-state index in [9.17, 15) is 0 Å². The lowest BCUT2D eigenvalue weighted by Gasteiger charge is -2.28. The Hall–Kier alpha value is -6.52. The van der Waals surface area contributed by atoms with E-state index in [2.05, 4.69) is 205 Å². The highest BCUT2D eigenvalue weighted by Crippen LogP contribution is 2.50. The maximum Gasteiger partial charge on any atom is 0.0641 e. The molecule has 2 aromatic heterocycles. The van der Waals surface area contributed by atoms with Crippen molar-refractivity contribution in [3.8, 4) is 33.4 Å². The van der Waals surface area contributed by atoms with Crippen LogP contribution in [0.5, 0.6) is 0 Å². The van der Waals surface area contributed by atoms with E-state index in [-0.39, 0.29) is 0 Å². The first-order chi connectivity index (χ1) is 27.3. The maximum absolute atomic E-state index is 2.49. The van der Waals surface area contributed by atoms with E-state index in [0.717, 1.165) is 11.4 Å². The lowest BCUT2D eigenvalue weighted by atomic mass is 9.95. The standard InChI is InChI=1S/C52H33NS2/c1-3-13-35(14-4-1)39-29-31-46(42-18-8-7-17-41(39)42)53(38-26-23-34(24-27-38)37-25-28-44-43-19-9-11-21-48(43)54-50(44)33-37)47-32-30-40(36-15-5-2-6-16-36)51-45-20-10-12-22-49(45)55-52(47)51/h1-33H. The molecule has 0 bridgehead atoms. The molecule has 2 heterocycles. The first-order valence-electron chi connectivity index (χ1n) is 18.7. The van der Waals surface area contributed by atoms with Crippen LogP contribution in [0.1, 0.15) is 0 Å². The molecule has 9 aromatic carbocycles. The summed E-state index contributed by atoms with van der Waals surface area (Å²) >= 11 is 3.75. The van der Waals surface area contributed by atoms with Crippen molar-refractivity contribution in [1.29, 1.82) is 0 Å². The number of rotatable bonds is 6. The second-order valence-electron chi connectivity index (χ2n) is 14.0. The largest absolute Gasteiger partial charge is 0.308 e. The van der Waals surface area contributed by atoms with Crippen molar-refractivity contribution in [1.82, 2.24) is 0 Å². The number of fused-ring (bicyclic) bond motifs is 7. The Morgan fingerprint density at radius 3 is 1.60 bits per heavy atom. The molecule has 0 spiro atoms. The number of nitrogens with zero attached hydrogens (tertiary/aromatic N) is 1. The Labute approximate surface area is 327 Å². The van der Waals surface area contributed by atoms with E-state index in [0.29, 0.717) is 0 Å². The van der Waals surface area contributed by atoms with Gasteiger partial charge in [-0.15, -0.1) is 22.7 Å². The fourth-order valence-corrected chi connectivity index (χ4v) is 10.7. The van der Waals surface area contributed by atoms with Crippen molar-refractivity contribution in [2.45, 2.75) is 0 Å². The minimum absolute atomic E-state index is 1.12. The van der Waals surface area contributed by atoms with Crippen LogP contribution in [0, 0.1) is 0 Å². The summed E-state index contributed by atoms with van der Waals surface area (Å²) in [7, 11) is 0.